The van der Waals surface area contributed by atoms with Crippen molar-refractivity contribution in [2.24, 2.45) is 0 Å². The molecule has 0 aliphatic carbocycles. The molecule has 1 heterocycles. The van der Waals surface area contributed by atoms with Gasteiger partial charge in [0.1, 0.15) is 0 Å². The summed E-state index contributed by atoms with van der Waals surface area (Å²) >= 11 is 0. The molecular formula is C14H22N2O3S. The molecule has 1 N–H and O–H groups in total. The summed E-state index contributed by atoms with van der Waals surface area (Å²) < 4.78 is 26.6. The molecule has 1 aliphatic heterocycles. The number of benzene rings is 1. The average molecular weight is 298 g/mol. The molecule has 1 aromatic carbocycles. The Balaban J connectivity index is 2.15. The van der Waals surface area contributed by atoms with Crippen molar-refractivity contribution in [3.63, 3.8) is 0 Å². The van der Waals surface area contributed by atoms with Gasteiger partial charge in [-0.2, -0.15) is 4.31 Å². The quantitative estimate of drug-likeness (QED) is 0.897. The lowest BCUT2D eigenvalue weighted by Gasteiger charge is -2.36. The van der Waals surface area contributed by atoms with Crippen LogP contribution in [-0.2, 0) is 16.6 Å². The molecule has 0 spiro atoms. The second-order valence-corrected chi connectivity index (χ2v) is 7.28. The van der Waals surface area contributed by atoms with Crippen LogP contribution in [0.2, 0.25) is 0 Å². The first-order chi connectivity index (χ1) is 9.45. The number of sulfonamides is 1. The van der Waals surface area contributed by atoms with Gasteiger partial charge in [0.25, 0.3) is 0 Å². The second kappa shape index (κ2) is 6.22. The minimum atomic E-state index is -3.45. The van der Waals surface area contributed by atoms with Gasteiger partial charge in [-0.25, -0.2) is 8.42 Å². The van der Waals surface area contributed by atoms with E-state index >= 15 is 0 Å². The molecule has 20 heavy (non-hydrogen) atoms. The smallest absolute Gasteiger partial charge is 0.243 e. The monoisotopic (exact) mass is 298 g/mol. The Morgan fingerprint density at radius 2 is 1.85 bits per heavy atom. The van der Waals surface area contributed by atoms with Crippen LogP contribution < -0.4 is 0 Å². The summed E-state index contributed by atoms with van der Waals surface area (Å²) in [6.07, 6.45) is 0. The highest BCUT2D eigenvalue weighted by atomic mass is 32.2. The van der Waals surface area contributed by atoms with Crippen molar-refractivity contribution in [3.8, 4) is 0 Å². The van der Waals surface area contributed by atoms with E-state index in [1.807, 2.05) is 0 Å². The van der Waals surface area contributed by atoms with E-state index in [0.29, 0.717) is 24.7 Å². The van der Waals surface area contributed by atoms with Crippen molar-refractivity contribution in [1.29, 1.82) is 0 Å². The maximum absolute atomic E-state index is 12.6. The van der Waals surface area contributed by atoms with Crippen molar-refractivity contribution in [2.75, 3.05) is 26.2 Å². The number of nitrogens with zero attached hydrogens (tertiary/aromatic N) is 2. The molecule has 6 heteroatoms. The zero-order valence-electron chi connectivity index (χ0n) is 12.0. The van der Waals surface area contributed by atoms with E-state index in [4.69, 9.17) is 5.11 Å². The van der Waals surface area contributed by atoms with Crippen molar-refractivity contribution in [1.82, 2.24) is 9.21 Å². The Bertz CT molecular complexity index is 549. The molecule has 0 atom stereocenters. The summed E-state index contributed by atoms with van der Waals surface area (Å²) in [7, 11) is -3.45. The summed E-state index contributed by atoms with van der Waals surface area (Å²) in [4.78, 5) is 2.54. The van der Waals surface area contributed by atoms with Crippen LogP contribution in [0, 0.1) is 0 Å². The Hall–Kier alpha value is -0.950. The van der Waals surface area contributed by atoms with Gasteiger partial charge in [-0.1, -0.05) is 12.1 Å². The first-order valence-corrected chi connectivity index (χ1v) is 8.33. The molecule has 1 aliphatic rings. The normalized spacial score (nSPS) is 18.6. The van der Waals surface area contributed by atoms with E-state index in [0.717, 1.165) is 13.1 Å². The van der Waals surface area contributed by atoms with Gasteiger partial charge >= 0.3 is 0 Å². The zero-order valence-corrected chi connectivity index (χ0v) is 12.8. The van der Waals surface area contributed by atoms with E-state index in [1.165, 1.54) is 4.31 Å². The molecule has 2 rings (SSSR count). The Morgan fingerprint density at radius 3 is 2.40 bits per heavy atom. The number of piperazine rings is 1. The molecule has 0 radical (unpaired) electrons. The maximum atomic E-state index is 12.6. The zero-order chi connectivity index (χ0) is 14.8. The Kier molecular flexibility index (Phi) is 4.80. The fraction of sp³-hybridized carbons (Fsp3) is 0.571. The van der Waals surface area contributed by atoms with Gasteiger partial charge in [-0.05, 0) is 31.5 Å². The van der Waals surface area contributed by atoms with E-state index < -0.39 is 10.0 Å². The highest BCUT2D eigenvalue weighted by Gasteiger charge is 2.29. The third kappa shape index (κ3) is 3.20. The summed E-state index contributed by atoms with van der Waals surface area (Å²) in [6, 6.07) is 6.96. The standard InChI is InChI=1S/C14H22N2O3S/c1-12(2)15-6-8-16(9-7-15)20(18,19)14-5-3-4-13(10-14)11-17/h3-5,10,12,17H,6-9,11H2,1-2H3. The predicted octanol–water partition coefficient (Wildman–Crippen LogP) is 0.894. The van der Waals surface area contributed by atoms with Crippen LogP contribution in [0.5, 0.6) is 0 Å². The van der Waals surface area contributed by atoms with Crippen molar-refractivity contribution < 1.29 is 13.5 Å². The van der Waals surface area contributed by atoms with E-state index in [9.17, 15) is 8.42 Å². The highest BCUT2D eigenvalue weighted by Crippen LogP contribution is 2.19. The van der Waals surface area contributed by atoms with E-state index in [2.05, 4.69) is 18.7 Å². The largest absolute Gasteiger partial charge is 0.392 e. The van der Waals surface area contributed by atoms with Gasteiger partial charge in [0.15, 0.2) is 0 Å². The van der Waals surface area contributed by atoms with Crippen LogP contribution in [0.3, 0.4) is 0 Å². The van der Waals surface area contributed by atoms with E-state index in [1.54, 1.807) is 24.3 Å². The summed E-state index contributed by atoms with van der Waals surface area (Å²) in [5.41, 5.74) is 0.617. The van der Waals surface area contributed by atoms with Crippen LogP contribution in [0.4, 0.5) is 0 Å². The van der Waals surface area contributed by atoms with Crippen LogP contribution in [0.15, 0.2) is 29.2 Å². The summed E-state index contributed by atoms with van der Waals surface area (Å²) in [5.74, 6) is 0. The molecule has 0 aromatic heterocycles. The van der Waals surface area contributed by atoms with Gasteiger partial charge in [0.2, 0.25) is 10.0 Å². The topological polar surface area (TPSA) is 60.9 Å². The summed E-state index contributed by atoms with van der Waals surface area (Å²) in [6.45, 7) is 6.65. The lowest BCUT2D eigenvalue weighted by molar-refractivity contribution is 0.154. The summed E-state index contributed by atoms with van der Waals surface area (Å²) in [5, 5.41) is 9.12. The minimum Gasteiger partial charge on any atom is -0.392 e. The number of aliphatic hydroxyl groups is 1. The fourth-order valence-electron chi connectivity index (χ4n) is 2.41. The molecule has 1 fully saturated rings. The molecule has 0 amide bonds. The third-order valence-electron chi connectivity index (χ3n) is 3.72. The van der Waals surface area contributed by atoms with Crippen LogP contribution in [0.25, 0.3) is 0 Å². The first kappa shape index (κ1) is 15.4. The number of hydrogen-bond donors (Lipinski definition) is 1. The van der Waals surface area contributed by atoms with Crippen LogP contribution in [-0.4, -0.2) is 55.0 Å². The number of aliphatic hydroxyl groups excluding tert-OH is 1. The SMILES string of the molecule is CC(C)N1CCN(S(=O)(=O)c2cccc(CO)c2)CC1. The van der Waals surface area contributed by atoms with Gasteiger partial charge in [0, 0.05) is 32.2 Å². The highest BCUT2D eigenvalue weighted by molar-refractivity contribution is 7.89. The van der Waals surface area contributed by atoms with Crippen molar-refractivity contribution in [2.45, 2.75) is 31.4 Å². The molecule has 112 valence electrons. The van der Waals surface area contributed by atoms with E-state index in [-0.39, 0.29) is 11.5 Å². The third-order valence-corrected chi connectivity index (χ3v) is 5.62. The van der Waals surface area contributed by atoms with Crippen molar-refractivity contribution in [3.05, 3.63) is 29.8 Å². The van der Waals surface area contributed by atoms with Gasteiger partial charge < -0.3 is 5.11 Å². The van der Waals surface area contributed by atoms with Gasteiger partial charge in [-0.3, -0.25) is 4.90 Å². The molecule has 0 bridgehead atoms. The van der Waals surface area contributed by atoms with Gasteiger partial charge in [-0.15, -0.1) is 0 Å². The lowest BCUT2D eigenvalue weighted by Crippen LogP contribution is -2.50. The molecule has 0 unspecified atom stereocenters. The molecular weight excluding hydrogens is 276 g/mol. The number of hydrogen-bond acceptors (Lipinski definition) is 4. The maximum Gasteiger partial charge on any atom is 0.243 e. The molecule has 1 aromatic rings. The molecule has 1 saturated heterocycles. The fourth-order valence-corrected chi connectivity index (χ4v) is 3.91. The Labute approximate surface area is 120 Å². The van der Waals surface area contributed by atoms with Crippen LogP contribution in [0.1, 0.15) is 19.4 Å². The Morgan fingerprint density at radius 1 is 1.20 bits per heavy atom. The minimum absolute atomic E-state index is 0.148. The first-order valence-electron chi connectivity index (χ1n) is 6.89. The van der Waals surface area contributed by atoms with Gasteiger partial charge in [0.05, 0.1) is 11.5 Å². The molecule has 5 nitrogen and oxygen atoms in total. The predicted molar refractivity (Wildman–Crippen MR) is 77.8 cm³/mol. The number of rotatable bonds is 4. The second-order valence-electron chi connectivity index (χ2n) is 5.34. The van der Waals surface area contributed by atoms with Crippen LogP contribution >= 0.6 is 0 Å². The average Bonchev–Trinajstić information content (AvgIpc) is 2.47. The lowest BCUT2D eigenvalue weighted by atomic mass is 10.2. The van der Waals surface area contributed by atoms with Crippen molar-refractivity contribution >= 4 is 10.0 Å². The molecule has 0 saturated carbocycles.